The molecule has 1 aromatic carbocycles. The summed E-state index contributed by atoms with van der Waals surface area (Å²) >= 11 is 0. The molecule has 0 spiro atoms. The lowest BCUT2D eigenvalue weighted by Gasteiger charge is -2.12. The molecule has 4 heteroatoms. The lowest BCUT2D eigenvalue weighted by atomic mass is 10.0. The van der Waals surface area contributed by atoms with Crippen LogP contribution in [0.2, 0.25) is 0 Å². The van der Waals surface area contributed by atoms with Crippen molar-refractivity contribution in [2.24, 2.45) is 0 Å². The van der Waals surface area contributed by atoms with Gasteiger partial charge in [0.2, 0.25) is 5.91 Å². The minimum Gasteiger partial charge on any atom is -0.496 e. The monoisotopic (exact) mass is 232 g/mol. The molecule has 1 aromatic rings. The molecule has 0 aliphatic heterocycles. The molecule has 0 saturated carbocycles. The van der Waals surface area contributed by atoms with E-state index in [1.807, 2.05) is 32.0 Å². The second-order valence-electron chi connectivity index (χ2n) is 3.79. The van der Waals surface area contributed by atoms with Crippen LogP contribution in [-0.4, -0.2) is 13.0 Å². The van der Waals surface area contributed by atoms with Crippen LogP contribution in [0, 0.1) is 25.2 Å². The van der Waals surface area contributed by atoms with E-state index in [1.165, 1.54) is 0 Å². The Morgan fingerprint density at radius 3 is 2.71 bits per heavy atom. The van der Waals surface area contributed by atoms with Crippen LogP contribution in [0.3, 0.4) is 0 Å². The number of hydrogen-bond donors (Lipinski definition) is 1. The largest absolute Gasteiger partial charge is 0.496 e. The Labute approximate surface area is 101 Å². The fourth-order valence-electron chi connectivity index (χ4n) is 1.59. The zero-order valence-corrected chi connectivity index (χ0v) is 10.3. The third-order valence-electron chi connectivity index (χ3n) is 2.79. The first-order chi connectivity index (χ1) is 8.10. The van der Waals surface area contributed by atoms with Crippen LogP contribution in [0.5, 0.6) is 5.75 Å². The summed E-state index contributed by atoms with van der Waals surface area (Å²) in [7, 11) is 1.64. The normalized spacial score (nSPS) is 9.53. The Balaban J connectivity index is 2.77. The van der Waals surface area contributed by atoms with Crippen molar-refractivity contribution in [3.05, 3.63) is 28.8 Å². The second kappa shape index (κ2) is 5.90. The highest BCUT2D eigenvalue weighted by Crippen LogP contribution is 2.23. The molecule has 0 saturated heterocycles. The summed E-state index contributed by atoms with van der Waals surface area (Å²) in [5, 5.41) is 11.1. The van der Waals surface area contributed by atoms with E-state index in [0.29, 0.717) is 6.54 Å². The Hall–Kier alpha value is -2.02. The third-order valence-corrected chi connectivity index (χ3v) is 2.79. The first-order valence-electron chi connectivity index (χ1n) is 5.37. The number of benzene rings is 1. The standard InChI is InChI=1S/C13H16N2O2/c1-9-10(2)12(17-3)5-4-11(9)8-15-13(16)6-7-14/h4-5H,6,8H2,1-3H3,(H,15,16). The van der Waals surface area contributed by atoms with Gasteiger partial charge in [-0.1, -0.05) is 6.07 Å². The molecule has 0 aliphatic carbocycles. The van der Waals surface area contributed by atoms with Gasteiger partial charge in [0.25, 0.3) is 0 Å². The molecule has 90 valence electrons. The van der Waals surface area contributed by atoms with Gasteiger partial charge in [-0.3, -0.25) is 4.79 Å². The number of methoxy groups -OCH3 is 1. The maximum absolute atomic E-state index is 11.2. The maximum Gasteiger partial charge on any atom is 0.234 e. The number of nitrogens with one attached hydrogen (secondary N) is 1. The summed E-state index contributed by atoms with van der Waals surface area (Å²) in [5.41, 5.74) is 3.20. The minimum absolute atomic E-state index is 0.103. The predicted octanol–water partition coefficient (Wildman–Crippen LogP) is 1.84. The molecular weight excluding hydrogens is 216 g/mol. The molecule has 0 bridgehead atoms. The van der Waals surface area contributed by atoms with Gasteiger partial charge < -0.3 is 10.1 Å². The van der Waals surface area contributed by atoms with Crippen LogP contribution in [0.4, 0.5) is 0 Å². The number of carbonyl (C=O) groups is 1. The Kier molecular flexibility index (Phi) is 4.53. The van der Waals surface area contributed by atoms with Gasteiger partial charge in [0, 0.05) is 6.54 Å². The summed E-state index contributed by atoms with van der Waals surface area (Å²) in [6, 6.07) is 5.62. The van der Waals surface area contributed by atoms with E-state index in [2.05, 4.69) is 5.32 Å². The summed E-state index contributed by atoms with van der Waals surface area (Å²) < 4.78 is 5.21. The van der Waals surface area contributed by atoms with E-state index < -0.39 is 0 Å². The fraction of sp³-hybridized carbons (Fsp3) is 0.385. The molecule has 0 unspecified atom stereocenters. The number of rotatable bonds is 4. The van der Waals surface area contributed by atoms with Gasteiger partial charge in [0.05, 0.1) is 13.2 Å². The van der Waals surface area contributed by atoms with Crippen molar-refractivity contribution in [3.8, 4) is 11.8 Å². The first-order valence-corrected chi connectivity index (χ1v) is 5.37. The van der Waals surface area contributed by atoms with Crippen LogP contribution in [0.25, 0.3) is 0 Å². The number of carbonyl (C=O) groups excluding carboxylic acids is 1. The van der Waals surface area contributed by atoms with E-state index in [1.54, 1.807) is 7.11 Å². The summed E-state index contributed by atoms with van der Waals surface area (Å²) in [5.74, 6) is 0.593. The zero-order valence-electron chi connectivity index (χ0n) is 10.3. The Bertz CT molecular complexity index is 461. The summed E-state index contributed by atoms with van der Waals surface area (Å²) in [4.78, 5) is 11.2. The van der Waals surface area contributed by atoms with Crippen molar-refractivity contribution in [1.82, 2.24) is 5.32 Å². The third kappa shape index (κ3) is 3.22. The van der Waals surface area contributed by atoms with Crippen LogP contribution >= 0.6 is 0 Å². The molecule has 1 rings (SSSR count). The van der Waals surface area contributed by atoms with Crippen LogP contribution in [0.15, 0.2) is 12.1 Å². The Morgan fingerprint density at radius 2 is 2.12 bits per heavy atom. The summed E-state index contributed by atoms with van der Waals surface area (Å²) in [6.45, 7) is 4.41. The van der Waals surface area contributed by atoms with Gasteiger partial charge >= 0.3 is 0 Å². The average Bonchev–Trinajstić information content (AvgIpc) is 2.31. The molecule has 0 radical (unpaired) electrons. The van der Waals surface area contributed by atoms with Gasteiger partial charge in [-0.15, -0.1) is 0 Å². The molecule has 0 aliphatic rings. The molecular formula is C13H16N2O2. The predicted molar refractivity (Wildman–Crippen MR) is 64.5 cm³/mol. The van der Waals surface area contributed by atoms with Crippen molar-refractivity contribution in [2.45, 2.75) is 26.8 Å². The molecule has 17 heavy (non-hydrogen) atoms. The van der Waals surface area contributed by atoms with E-state index in [9.17, 15) is 4.79 Å². The van der Waals surface area contributed by atoms with Crippen molar-refractivity contribution in [1.29, 1.82) is 5.26 Å². The smallest absolute Gasteiger partial charge is 0.234 e. The topological polar surface area (TPSA) is 62.1 Å². The lowest BCUT2D eigenvalue weighted by Crippen LogP contribution is -2.22. The molecule has 1 amide bonds. The highest BCUT2D eigenvalue weighted by atomic mass is 16.5. The number of nitrogens with zero attached hydrogens (tertiary/aromatic N) is 1. The zero-order chi connectivity index (χ0) is 12.8. The Morgan fingerprint density at radius 1 is 1.41 bits per heavy atom. The first kappa shape index (κ1) is 13.0. The van der Waals surface area contributed by atoms with E-state index in [-0.39, 0.29) is 12.3 Å². The molecule has 0 heterocycles. The maximum atomic E-state index is 11.2. The van der Waals surface area contributed by atoms with E-state index in [4.69, 9.17) is 10.00 Å². The average molecular weight is 232 g/mol. The van der Waals surface area contributed by atoms with Gasteiger partial charge in [-0.25, -0.2) is 0 Å². The fourth-order valence-corrected chi connectivity index (χ4v) is 1.59. The molecule has 0 aromatic heterocycles. The van der Waals surface area contributed by atoms with Gasteiger partial charge in [-0.05, 0) is 36.6 Å². The highest BCUT2D eigenvalue weighted by molar-refractivity contribution is 5.78. The van der Waals surface area contributed by atoms with Crippen molar-refractivity contribution in [2.75, 3.05) is 7.11 Å². The number of hydrogen-bond acceptors (Lipinski definition) is 3. The number of nitriles is 1. The minimum atomic E-state index is -0.250. The quantitative estimate of drug-likeness (QED) is 0.861. The van der Waals surface area contributed by atoms with Gasteiger partial charge in [0.15, 0.2) is 0 Å². The van der Waals surface area contributed by atoms with E-state index >= 15 is 0 Å². The molecule has 4 nitrogen and oxygen atoms in total. The number of ether oxygens (including phenoxy) is 1. The van der Waals surface area contributed by atoms with Crippen molar-refractivity contribution in [3.63, 3.8) is 0 Å². The molecule has 0 atom stereocenters. The van der Waals surface area contributed by atoms with Crippen LogP contribution < -0.4 is 10.1 Å². The molecule has 0 fully saturated rings. The summed E-state index contributed by atoms with van der Waals surface area (Å²) in [6.07, 6.45) is -0.103. The second-order valence-corrected chi connectivity index (χ2v) is 3.79. The highest BCUT2D eigenvalue weighted by Gasteiger charge is 2.07. The van der Waals surface area contributed by atoms with Gasteiger partial charge in [0.1, 0.15) is 12.2 Å². The van der Waals surface area contributed by atoms with Crippen LogP contribution in [0.1, 0.15) is 23.1 Å². The van der Waals surface area contributed by atoms with Crippen molar-refractivity contribution < 1.29 is 9.53 Å². The van der Waals surface area contributed by atoms with E-state index in [0.717, 1.165) is 22.4 Å². The SMILES string of the molecule is COc1ccc(CNC(=O)CC#N)c(C)c1C. The van der Waals surface area contributed by atoms with Crippen molar-refractivity contribution >= 4 is 5.91 Å². The lowest BCUT2D eigenvalue weighted by molar-refractivity contribution is -0.120. The molecule has 1 N–H and O–H groups in total. The number of amides is 1. The van der Waals surface area contributed by atoms with Crippen LogP contribution in [-0.2, 0) is 11.3 Å². The van der Waals surface area contributed by atoms with Gasteiger partial charge in [-0.2, -0.15) is 5.26 Å².